The lowest BCUT2D eigenvalue weighted by Gasteiger charge is -2.31. The first-order valence-electron chi connectivity index (χ1n) is 5.51. The summed E-state index contributed by atoms with van der Waals surface area (Å²) in [6.07, 6.45) is 2.56. The molecule has 1 fully saturated rings. The lowest BCUT2D eigenvalue weighted by molar-refractivity contribution is 0.444. The average Bonchev–Trinajstić information content (AvgIpc) is 2.16. The zero-order valence-corrected chi connectivity index (χ0v) is 9.40. The minimum atomic E-state index is 0.565. The Hall–Kier alpha value is -1.32. The molecular formula is C11H18N4. The molecular weight excluding hydrogens is 188 g/mol. The Morgan fingerprint density at radius 3 is 2.93 bits per heavy atom. The predicted molar refractivity (Wildman–Crippen MR) is 61.8 cm³/mol. The lowest BCUT2D eigenvalue weighted by atomic mass is 10.0. The first-order chi connectivity index (χ1) is 7.15. The Bertz CT molecular complexity index is 330. The summed E-state index contributed by atoms with van der Waals surface area (Å²) in [4.78, 5) is 10.8. The molecule has 2 rings (SSSR count). The minimum Gasteiger partial charge on any atom is -0.384 e. The molecule has 0 amide bonds. The van der Waals surface area contributed by atoms with Gasteiger partial charge in [0.1, 0.15) is 17.5 Å². The second kappa shape index (κ2) is 4.04. The summed E-state index contributed by atoms with van der Waals surface area (Å²) in [5, 5.41) is 0. The van der Waals surface area contributed by atoms with Gasteiger partial charge in [-0.05, 0) is 25.7 Å². The topological polar surface area (TPSA) is 55.0 Å². The monoisotopic (exact) mass is 206 g/mol. The van der Waals surface area contributed by atoms with Crippen molar-refractivity contribution in [2.75, 3.05) is 23.7 Å². The van der Waals surface area contributed by atoms with Crippen LogP contribution in [0.3, 0.4) is 0 Å². The molecule has 15 heavy (non-hydrogen) atoms. The van der Waals surface area contributed by atoms with Crippen molar-refractivity contribution < 1.29 is 0 Å². The molecule has 4 nitrogen and oxygen atoms in total. The quantitative estimate of drug-likeness (QED) is 0.758. The van der Waals surface area contributed by atoms with Crippen molar-refractivity contribution in [1.29, 1.82) is 0 Å². The van der Waals surface area contributed by atoms with E-state index in [0.717, 1.165) is 30.6 Å². The van der Waals surface area contributed by atoms with E-state index in [-0.39, 0.29) is 0 Å². The Balaban J connectivity index is 2.20. The van der Waals surface area contributed by atoms with Crippen molar-refractivity contribution in [3.8, 4) is 0 Å². The number of hydrogen-bond donors (Lipinski definition) is 1. The molecule has 1 aliphatic heterocycles. The summed E-state index contributed by atoms with van der Waals surface area (Å²) in [6, 6.07) is 1.87. The number of piperidine rings is 1. The molecule has 0 aromatic carbocycles. The number of nitrogens with two attached hydrogens (primary N) is 1. The predicted octanol–water partition coefficient (Wildman–Crippen LogP) is 1.60. The van der Waals surface area contributed by atoms with Gasteiger partial charge in [0.2, 0.25) is 0 Å². The highest BCUT2D eigenvalue weighted by Crippen LogP contribution is 2.22. The summed E-state index contributed by atoms with van der Waals surface area (Å²) in [5.74, 6) is 3.04. The summed E-state index contributed by atoms with van der Waals surface area (Å²) in [5.41, 5.74) is 5.72. The van der Waals surface area contributed by atoms with Crippen LogP contribution in [0.4, 0.5) is 11.6 Å². The molecule has 1 aromatic rings. The van der Waals surface area contributed by atoms with Gasteiger partial charge in [0.25, 0.3) is 0 Å². The van der Waals surface area contributed by atoms with E-state index in [1.54, 1.807) is 0 Å². The molecule has 1 atom stereocenters. The molecule has 1 aromatic heterocycles. The van der Waals surface area contributed by atoms with Gasteiger partial charge in [-0.15, -0.1) is 0 Å². The van der Waals surface area contributed by atoms with Crippen LogP contribution >= 0.6 is 0 Å². The van der Waals surface area contributed by atoms with E-state index < -0.39 is 0 Å². The van der Waals surface area contributed by atoms with E-state index in [9.17, 15) is 0 Å². The van der Waals surface area contributed by atoms with Crippen LogP contribution < -0.4 is 10.6 Å². The fourth-order valence-corrected chi connectivity index (χ4v) is 2.13. The molecule has 82 valence electrons. The smallest absolute Gasteiger partial charge is 0.134 e. The molecule has 2 N–H and O–H groups in total. The largest absolute Gasteiger partial charge is 0.384 e. The van der Waals surface area contributed by atoms with Crippen molar-refractivity contribution >= 4 is 11.6 Å². The zero-order valence-electron chi connectivity index (χ0n) is 9.40. The van der Waals surface area contributed by atoms with Gasteiger partial charge in [-0.3, -0.25) is 0 Å². The third-order valence-corrected chi connectivity index (χ3v) is 2.83. The van der Waals surface area contributed by atoms with Crippen molar-refractivity contribution in [2.24, 2.45) is 5.92 Å². The maximum atomic E-state index is 5.72. The molecule has 0 saturated carbocycles. The van der Waals surface area contributed by atoms with Gasteiger partial charge in [-0.2, -0.15) is 0 Å². The summed E-state index contributed by atoms with van der Waals surface area (Å²) in [6.45, 7) is 6.33. The van der Waals surface area contributed by atoms with E-state index in [0.29, 0.717) is 5.82 Å². The summed E-state index contributed by atoms with van der Waals surface area (Å²) < 4.78 is 0. The van der Waals surface area contributed by atoms with Crippen LogP contribution in [0.2, 0.25) is 0 Å². The number of aromatic nitrogens is 2. The minimum absolute atomic E-state index is 0.565. The molecule has 1 aliphatic rings. The first-order valence-corrected chi connectivity index (χ1v) is 5.51. The SMILES string of the molecule is Cc1nc(N)cc(N2CCCC(C)C2)n1. The Kier molecular flexibility index (Phi) is 2.75. The Morgan fingerprint density at radius 2 is 2.27 bits per heavy atom. The number of anilines is 2. The van der Waals surface area contributed by atoms with Crippen LogP contribution in [0.15, 0.2) is 6.07 Å². The van der Waals surface area contributed by atoms with Crippen LogP contribution in [0.1, 0.15) is 25.6 Å². The van der Waals surface area contributed by atoms with E-state index in [4.69, 9.17) is 5.73 Å². The lowest BCUT2D eigenvalue weighted by Crippen LogP contribution is -2.35. The second-order valence-corrected chi connectivity index (χ2v) is 4.39. The van der Waals surface area contributed by atoms with Crippen LogP contribution in [0.25, 0.3) is 0 Å². The van der Waals surface area contributed by atoms with Crippen LogP contribution in [0, 0.1) is 12.8 Å². The Labute approximate surface area is 90.5 Å². The van der Waals surface area contributed by atoms with Crippen molar-refractivity contribution in [2.45, 2.75) is 26.7 Å². The molecule has 2 heterocycles. The number of nitrogen functional groups attached to an aromatic ring is 1. The second-order valence-electron chi connectivity index (χ2n) is 4.39. The first kappa shape index (κ1) is 10.2. The number of hydrogen-bond acceptors (Lipinski definition) is 4. The normalized spacial score (nSPS) is 21.7. The molecule has 0 aliphatic carbocycles. The van der Waals surface area contributed by atoms with Gasteiger partial charge in [0.15, 0.2) is 0 Å². The molecule has 0 bridgehead atoms. The van der Waals surface area contributed by atoms with Gasteiger partial charge in [-0.25, -0.2) is 9.97 Å². The van der Waals surface area contributed by atoms with E-state index in [1.807, 2.05) is 13.0 Å². The van der Waals surface area contributed by atoms with Gasteiger partial charge >= 0.3 is 0 Å². The van der Waals surface area contributed by atoms with E-state index in [2.05, 4.69) is 21.8 Å². The third kappa shape index (κ3) is 2.37. The highest BCUT2D eigenvalue weighted by Gasteiger charge is 2.17. The molecule has 0 spiro atoms. The van der Waals surface area contributed by atoms with Crippen LogP contribution in [0.5, 0.6) is 0 Å². The Morgan fingerprint density at radius 1 is 1.47 bits per heavy atom. The highest BCUT2D eigenvalue weighted by atomic mass is 15.2. The van der Waals surface area contributed by atoms with E-state index >= 15 is 0 Å². The average molecular weight is 206 g/mol. The fraction of sp³-hybridized carbons (Fsp3) is 0.636. The van der Waals surface area contributed by atoms with E-state index in [1.165, 1.54) is 12.8 Å². The van der Waals surface area contributed by atoms with Gasteiger partial charge < -0.3 is 10.6 Å². The van der Waals surface area contributed by atoms with Crippen LogP contribution in [-0.2, 0) is 0 Å². The number of rotatable bonds is 1. The van der Waals surface area contributed by atoms with Gasteiger partial charge in [0, 0.05) is 19.2 Å². The highest BCUT2D eigenvalue weighted by molar-refractivity contribution is 5.47. The molecule has 1 unspecified atom stereocenters. The number of nitrogens with zero attached hydrogens (tertiary/aromatic N) is 3. The fourth-order valence-electron chi connectivity index (χ4n) is 2.13. The summed E-state index contributed by atoms with van der Waals surface area (Å²) in [7, 11) is 0. The molecule has 4 heteroatoms. The van der Waals surface area contributed by atoms with Crippen molar-refractivity contribution in [1.82, 2.24) is 9.97 Å². The standard InChI is InChI=1S/C11H18N4/c1-8-4-3-5-15(7-8)11-6-10(12)13-9(2)14-11/h6,8H,3-5,7H2,1-2H3,(H2,12,13,14). The summed E-state index contributed by atoms with van der Waals surface area (Å²) >= 11 is 0. The molecule has 0 radical (unpaired) electrons. The maximum Gasteiger partial charge on any atom is 0.134 e. The van der Waals surface area contributed by atoms with Gasteiger partial charge in [0.05, 0.1) is 0 Å². The zero-order chi connectivity index (χ0) is 10.8. The maximum absolute atomic E-state index is 5.72. The van der Waals surface area contributed by atoms with Gasteiger partial charge in [-0.1, -0.05) is 6.92 Å². The third-order valence-electron chi connectivity index (χ3n) is 2.83. The molecule has 1 saturated heterocycles. The number of aryl methyl sites for hydroxylation is 1. The van der Waals surface area contributed by atoms with Crippen molar-refractivity contribution in [3.63, 3.8) is 0 Å². The van der Waals surface area contributed by atoms with Crippen molar-refractivity contribution in [3.05, 3.63) is 11.9 Å². The van der Waals surface area contributed by atoms with Crippen LogP contribution in [-0.4, -0.2) is 23.1 Å².